The van der Waals surface area contributed by atoms with Crippen molar-refractivity contribution in [3.63, 3.8) is 0 Å². The van der Waals surface area contributed by atoms with Crippen molar-refractivity contribution in [3.8, 4) is 11.5 Å². The number of benzene rings is 2. The van der Waals surface area contributed by atoms with E-state index in [2.05, 4.69) is 32.1 Å². The Morgan fingerprint density at radius 3 is 2.77 bits per heavy atom. The normalized spacial score (nSPS) is 15.8. The number of carbonyl (C=O) groups is 1. The molecule has 1 aliphatic rings. The summed E-state index contributed by atoms with van der Waals surface area (Å²) in [6.07, 6.45) is 1.98. The van der Waals surface area contributed by atoms with Crippen LogP contribution in [0.2, 0.25) is 0 Å². The number of imidazole rings is 1. The van der Waals surface area contributed by atoms with Gasteiger partial charge in [0.15, 0.2) is 5.82 Å². The number of halogens is 1. The number of fused-ring (bicyclic) bond motifs is 2. The maximum atomic E-state index is 13.4. The zero-order valence-corrected chi connectivity index (χ0v) is 16.9. The van der Waals surface area contributed by atoms with Gasteiger partial charge in [-0.2, -0.15) is 5.10 Å². The molecule has 1 fully saturated rings. The maximum Gasteiger partial charge on any atom is 0.253 e. The molecule has 2 aromatic carbocycles. The first-order valence-electron chi connectivity index (χ1n) is 10.1. The number of nitrogens with zero attached hydrogens (tertiary/aromatic N) is 4. The molecular weight excluding hydrogens is 383 g/mol. The Balaban J connectivity index is 1.44. The molecule has 0 radical (unpaired) electrons. The standard InChI is InChI=1S/C22H23FN6O/c1-28-9-7-15(8-10-28)29(2)22(30)13-3-6-17-19(11-13)25-21(24-17)20-16-5-4-14(23)12-18(16)26-27-20/h3-6,11-12,15H,7-10H2,1-2H3,(H,24,25)(H,26,27). The fourth-order valence-electron chi connectivity index (χ4n) is 4.18. The van der Waals surface area contributed by atoms with E-state index < -0.39 is 0 Å². The third kappa shape index (κ3) is 3.23. The first-order chi connectivity index (χ1) is 14.5. The summed E-state index contributed by atoms with van der Waals surface area (Å²) in [4.78, 5) is 25.1. The molecule has 0 unspecified atom stereocenters. The summed E-state index contributed by atoms with van der Waals surface area (Å²) in [6, 6.07) is 10.3. The van der Waals surface area contributed by atoms with Gasteiger partial charge in [-0.15, -0.1) is 0 Å². The van der Waals surface area contributed by atoms with E-state index in [4.69, 9.17) is 0 Å². The second-order valence-electron chi connectivity index (χ2n) is 8.03. The number of carbonyl (C=O) groups excluding carboxylic acids is 1. The topological polar surface area (TPSA) is 80.9 Å². The molecule has 3 heterocycles. The number of rotatable bonds is 3. The molecule has 2 aromatic heterocycles. The third-order valence-corrected chi connectivity index (χ3v) is 6.03. The van der Waals surface area contributed by atoms with E-state index in [9.17, 15) is 9.18 Å². The highest BCUT2D eigenvalue weighted by molar-refractivity contribution is 5.98. The molecule has 0 saturated carbocycles. The number of hydrogen-bond donors (Lipinski definition) is 2. The number of piperidine rings is 1. The fraction of sp³-hybridized carbons (Fsp3) is 0.318. The minimum atomic E-state index is -0.320. The molecule has 1 amide bonds. The predicted molar refractivity (Wildman–Crippen MR) is 114 cm³/mol. The Labute approximate surface area is 172 Å². The molecular formula is C22H23FN6O. The number of nitrogens with one attached hydrogen (secondary N) is 2. The van der Waals surface area contributed by atoms with Crippen molar-refractivity contribution in [2.24, 2.45) is 0 Å². The van der Waals surface area contributed by atoms with Gasteiger partial charge in [0.1, 0.15) is 11.5 Å². The second kappa shape index (κ2) is 7.21. The van der Waals surface area contributed by atoms with E-state index in [1.807, 2.05) is 30.1 Å². The van der Waals surface area contributed by atoms with Crippen LogP contribution in [0.1, 0.15) is 23.2 Å². The third-order valence-electron chi connectivity index (χ3n) is 6.03. The van der Waals surface area contributed by atoms with Crippen LogP contribution < -0.4 is 0 Å². The summed E-state index contributed by atoms with van der Waals surface area (Å²) < 4.78 is 13.4. The van der Waals surface area contributed by atoms with Gasteiger partial charge in [-0.05, 0) is 69.4 Å². The van der Waals surface area contributed by atoms with Crippen molar-refractivity contribution < 1.29 is 9.18 Å². The van der Waals surface area contributed by atoms with Gasteiger partial charge in [0.25, 0.3) is 5.91 Å². The summed E-state index contributed by atoms with van der Waals surface area (Å²) in [5, 5.41) is 7.92. The van der Waals surface area contributed by atoms with Crippen LogP contribution in [0.3, 0.4) is 0 Å². The molecule has 0 aliphatic carbocycles. The average molecular weight is 406 g/mol. The van der Waals surface area contributed by atoms with Gasteiger partial charge >= 0.3 is 0 Å². The van der Waals surface area contributed by atoms with Crippen molar-refractivity contribution in [1.82, 2.24) is 30.0 Å². The molecule has 0 atom stereocenters. The number of amides is 1. The summed E-state index contributed by atoms with van der Waals surface area (Å²) in [7, 11) is 4.00. The van der Waals surface area contributed by atoms with Gasteiger partial charge < -0.3 is 14.8 Å². The van der Waals surface area contributed by atoms with Gasteiger partial charge in [0.2, 0.25) is 0 Å². The number of hydrogen-bond acceptors (Lipinski definition) is 4. The number of H-pyrrole nitrogens is 2. The van der Waals surface area contributed by atoms with Crippen LogP contribution in [-0.2, 0) is 0 Å². The molecule has 30 heavy (non-hydrogen) atoms. The van der Waals surface area contributed by atoms with Crippen molar-refractivity contribution in [3.05, 3.63) is 47.8 Å². The zero-order chi connectivity index (χ0) is 20.8. The summed E-state index contributed by atoms with van der Waals surface area (Å²) in [6.45, 7) is 2.01. The molecule has 7 nitrogen and oxygen atoms in total. The fourth-order valence-corrected chi connectivity index (χ4v) is 4.18. The van der Waals surface area contributed by atoms with Crippen LogP contribution in [0.15, 0.2) is 36.4 Å². The molecule has 5 rings (SSSR count). The van der Waals surface area contributed by atoms with Crippen LogP contribution >= 0.6 is 0 Å². The summed E-state index contributed by atoms with van der Waals surface area (Å²) in [5.41, 5.74) is 3.39. The maximum absolute atomic E-state index is 13.4. The van der Waals surface area contributed by atoms with Crippen molar-refractivity contribution >= 4 is 27.8 Å². The van der Waals surface area contributed by atoms with Crippen LogP contribution in [-0.4, -0.2) is 69.1 Å². The molecule has 1 saturated heterocycles. The lowest BCUT2D eigenvalue weighted by atomic mass is 10.0. The highest BCUT2D eigenvalue weighted by Gasteiger charge is 2.25. The number of aromatic amines is 2. The molecule has 0 spiro atoms. The van der Waals surface area contributed by atoms with Gasteiger partial charge in [-0.1, -0.05) is 0 Å². The molecule has 154 valence electrons. The second-order valence-corrected chi connectivity index (χ2v) is 8.03. The number of likely N-dealkylation sites (tertiary alicyclic amines) is 1. The lowest BCUT2D eigenvalue weighted by molar-refractivity contribution is 0.0659. The monoisotopic (exact) mass is 406 g/mol. The van der Waals surface area contributed by atoms with Crippen LogP contribution in [0.25, 0.3) is 33.5 Å². The average Bonchev–Trinajstić information content (AvgIpc) is 3.35. The molecule has 8 heteroatoms. The smallest absolute Gasteiger partial charge is 0.253 e. The predicted octanol–water partition coefficient (Wildman–Crippen LogP) is 3.41. The Kier molecular flexibility index (Phi) is 4.51. The van der Waals surface area contributed by atoms with E-state index in [1.54, 1.807) is 6.07 Å². The first-order valence-corrected chi connectivity index (χ1v) is 10.1. The van der Waals surface area contributed by atoms with Gasteiger partial charge in [0, 0.05) is 24.0 Å². The lowest BCUT2D eigenvalue weighted by Crippen LogP contribution is -2.44. The zero-order valence-electron chi connectivity index (χ0n) is 16.9. The van der Waals surface area contributed by atoms with E-state index >= 15 is 0 Å². The van der Waals surface area contributed by atoms with E-state index in [0.29, 0.717) is 22.6 Å². The first kappa shape index (κ1) is 18.7. The minimum Gasteiger partial charge on any atom is -0.339 e. The molecule has 0 bridgehead atoms. The van der Waals surface area contributed by atoms with Crippen LogP contribution in [0.5, 0.6) is 0 Å². The largest absolute Gasteiger partial charge is 0.339 e. The van der Waals surface area contributed by atoms with Gasteiger partial charge in [-0.3, -0.25) is 9.89 Å². The molecule has 1 aliphatic heterocycles. The molecule has 4 aromatic rings. The lowest BCUT2D eigenvalue weighted by Gasteiger charge is -2.35. The van der Waals surface area contributed by atoms with E-state index in [0.717, 1.165) is 42.4 Å². The van der Waals surface area contributed by atoms with Gasteiger partial charge in [0.05, 0.1) is 16.6 Å². The van der Waals surface area contributed by atoms with Crippen LogP contribution in [0, 0.1) is 5.82 Å². The van der Waals surface area contributed by atoms with E-state index in [-0.39, 0.29) is 17.8 Å². The molecule has 2 N–H and O–H groups in total. The van der Waals surface area contributed by atoms with Gasteiger partial charge in [-0.25, -0.2) is 9.37 Å². The Morgan fingerprint density at radius 2 is 1.97 bits per heavy atom. The van der Waals surface area contributed by atoms with Crippen molar-refractivity contribution in [2.45, 2.75) is 18.9 Å². The number of aromatic nitrogens is 4. The van der Waals surface area contributed by atoms with Crippen molar-refractivity contribution in [1.29, 1.82) is 0 Å². The highest BCUT2D eigenvalue weighted by atomic mass is 19.1. The summed E-state index contributed by atoms with van der Waals surface area (Å²) in [5.74, 6) is 0.276. The van der Waals surface area contributed by atoms with Crippen LogP contribution in [0.4, 0.5) is 4.39 Å². The Morgan fingerprint density at radius 1 is 1.17 bits per heavy atom. The SMILES string of the molecule is CN1CCC(N(C)C(=O)c2ccc3nc(-c4n[nH]c5cc(F)ccc45)[nH]c3c2)CC1. The Bertz CT molecular complexity index is 1240. The Hall–Kier alpha value is -3.26. The minimum absolute atomic E-state index is 0.0169. The quantitative estimate of drug-likeness (QED) is 0.546. The van der Waals surface area contributed by atoms with E-state index in [1.165, 1.54) is 12.1 Å². The summed E-state index contributed by atoms with van der Waals surface area (Å²) >= 11 is 0. The highest BCUT2D eigenvalue weighted by Crippen LogP contribution is 2.27. The van der Waals surface area contributed by atoms with Crippen molar-refractivity contribution in [2.75, 3.05) is 27.2 Å².